The van der Waals surface area contributed by atoms with E-state index in [9.17, 15) is 8.78 Å². The van der Waals surface area contributed by atoms with Crippen molar-refractivity contribution in [1.82, 2.24) is 9.97 Å². The molecule has 0 fully saturated rings. The SMILES string of the molecule is Fc1ccc(Oc2ncnc3sc4c(c23)CCCC4)cc1F. The van der Waals surface area contributed by atoms with Gasteiger partial charge in [0.2, 0.25) is 5.88 Å². The molecule has 2 aromatic heterocycles. The largest absolute Gasteiger partial charge is 0.438 e. The van der Waals surface area contributed by atoms with E-state index in [0.29, 0.717) is 5.88 Å². The molecule has 3 aromatic rings. The van der Waals surface area contributed by atoms with Gasteiger partial charge < -0.3 is 4.74 Å². The number of fused-ring (bicyclic) bond motifs is 3. The predicted molar refractivity (Wildman–Crippen MR) is 80.5 cm³/mol. The molecule has 0 spiro atoms. The molecule has 0 unspecified atom stereocenters. The number of benzene rings is 1. The van der Waals surface area contributed by atoms with Gasteiger partial charge in [0.05, 0.1) is 5.39 Å². The van der Waals surface area contributed by atoms with Crippen LogP contribution in [0.15, 0.2) is 24.5 Å². The van der Waals surface area contributed by atoms with E-state index >= 15 is 0 Å². The number of aryl methyl sites for hydroxylation is 2. The lowest BCUT2D eigenvalue weighted by Crippen LogP contribution is -1.99. The first-order valence-corrected chi connectivity index (χ1v) is 7.92. The van der Waals surface area contributed by atoms with Gasteiger partial charge in [-0.3, -0.25) is 0 Å². The van der Waals surface area contributed by atoms with Crippen LogP contribution in [0.1, 0.15) is 23.3 Å². The van der Waals surface area contributed by atoms with Gasteiger partial charge in [-0.2, -0.15) is 0 Å². The maximum atomic E-state index is 13.3. The summed E-state index contributed by atoms with van der Waals surface area (Å²) in [4.78, 5) is 10.7. The van der Waals surface area contributed by atoms with Crippen LogP contribution < -0.4 is 4.74 Å². The van der Waals surface area contributed by atoms with Crippen molar-refractivity contribution >= 4 is 21.6 Å². The lowest BCUT2D eigenvalue weighted by molar-refractivity contribution is 0.451. The normalized spacial score (nSPS) is 14.1. The van der Waals surface area contributed by atoms with Gasteiger partial charge in [0.1, 0.15) is 16.9 Å². The van der Waals surface area contributed by atoms with Crippen molar-refractivity contribution in [3.05, 3.63) is 46.6 Å². The van der Waals surface area contributed by atoms with Crippen molar-refractivity contribution in [1.29, 1.82) is 0 Å². The van der Waals surface area contributed by atoms with E-state index in [-0.39, 0.29) is 5.75 Å². The Morgan fingerprint density at radius 3 is 2.77 bits per heavy atom. The second kappa shape index (κ2) is 5.28. The minimum Gasteiger partial charge on any atom is -0.438 e. The number of rotatable bonds is 2. The summed E-state index contributed by atoms with van der Waals surface area (Å²) in [6.45, 7) is 0. The number of hydrogen-bond acceptors (Lipinski definition) is 4. The highest BCUT2D eigenvalue weighted by molar-refractivity contribution is 7.18. The van der Waals surface area contributed by atoms with E-state index in [0.717, 1.165) is 41.6 Å². The molecule has 0 N–H and O–H groups in total. The fraction of sp³-hybridized carbons (Fsp3) is 0.250. The van der Waals surface area contributed by atoms with Crippen molar-refractivity contribution < 1.29 is 13.5 Å². The van der Waals surface area contributed by atoms with Crippen LogP contribution in [0.25, 0.3) is 10.2 Å². The third kappa shape index (κ3) is 2.23. The minimum atomic E-state index is -0.935. The van der Waals surface area contributed by atoms with E-state index in [4.69, 9.17) is 4.74 Å². The summed E-state index contributed by atoms with van der Waals surface area (Å²) in [5, 5.41) is 0.909. The Kier molecular flexibility index (Phi) is 3.26. The molecular weight excluding hydrogens is 306 g/mol. The van der Waals surface area contributed by atoms with Crippen LogP contribution in [0.3, 0.4) is 0 Å². The molecule has 0 bridgehead atoms. The third-order valence-corrected chi connectivity index (χ3v) is 5.02. The summed E-state index contributed by atoms with van der Waals surface area (Å²) in [5.41, 5.74) is 1.24. The number of thiophene rings is 1. The van der Waals surface area contributed by atoms with Gasteiger partial charge in [-0.1, -0.05) is 0 Å². The molecule has 0 atom stereocenters. The summed E-state index contributed by atoms with van der Waals surface area (Å²) in [5.74, 6) is -1.19. The summed E-state index contributed by atoms with van der Waals surface area (Å²) in [7, 11) is 0. The molecule has 3 nitrogen and oxygen atoms in total. The average Bonchev–Trinajstić information content (AvgIpc) is 2.90. The summed E-state index contributed by atoms with van der Waals surface area (Å²) in [6, 6.07) is 3.47. The number of ether oxygens (including phenoxy) is 1. The standard InChI is InChI=1S/C16H12F2N2OS/c17-11-6-5-9(7-12(11)18)21-15-14-10-3-1-2-4-13(10)22-16(14)20-8-19-15/h5-8H,1-4H2. The molecule has 1 aromatic carbocycles. The average molecular weight is 318 g/mol. The second-order valence-electron chi connectivity index (χ2n) is 5.25. The van der Waals surface area contributed by atoms with Crippen LogP contribution in [0.4, 0.5) is 8.78 Å². The van der Waals surface area contributed by atoms with Crippen LogP contribution in [0, 0.1) is 11.6 Å². The molecule has 0 amide bonds. The van der Waals surface area contributed by atoms with E-state index in [1.807, 2.05) is 0 Å². The number of hydrogen-bond donors (Lipinski definition) is 0. The number of aromatic nitrogens is 2. The van der Waals surface area contributed by atoms with Gasteiger partial charge in [0.15, 0.2) is 11.6 Å². The highest BCUT2D eigenvalue weighted by Crippen LogP contribution is 2.40. The zero-order chi connectivity index (χ0) is 15.1. The summed E-state index contributed by atoms with van der Waals surface area (Å²) >= 11 is 1.66. The van der Waals surface area contributed by atoms with Crippen LogP contribution in [-0.2, 0) is 12.8 Å². The fourth-order valence-corrected chi connectivity index (χ4v) is 4.01. The smallest absolute Gasteiger partial charge is 0.231 e. The Balaban J connectivity index is 1.81. The zero-order valence-corrected chi connectivity index (χ0v) is 12.4. The Labute approximate surface area is 129 Å². The van der Waals surface area contributed by atoms with E-state index < -0.39 is 11.6 Å². The van der Waals surface area contributed by atoms with Crippen molar-refractivity contribution in [2.75, 3.05) is 0 Å². The first-order valence-electron chi connectivity index (χ1n) is 7.10. The molecule has 22 heavy (non-hydrogen) atoms. The fourth-order valence-electron chi connectivity index (χ4n) is 2.79. The molecule has 1 aliphatic rings. The van der Waals surface area contributed by atoms with E-state index in [1.165, 1.54) is 29.3 Å². The Bertz CT molecular complexity index is 863. The van der Waals surface area contributed by atoms with Crippen LogP contribution in [0.2, 0.25) is 0 Å². The van der Waals surface area contributed by atoms with Crippen LogP contribution in [-0.4, -0.2) is 9.97 Å². The first kappa shape index (κ1) is 13.6. The number of halogens is 2. The van der Waals surface area contributed by atoms with Crippen molar-refractivity contribution in [2.45, 2.75) is 25.7 Å². The second-order valence-corrected chi connectivity index (χ2v) is 6.33. The van der Waals surface area contributed by atoms with Crippen molar-refractivity contribution in [3.63, 3.8) is 0 Å². The van der Waals surface area contributed by atoms with Gasteiger partial charge in [0.25, 0.3) is 0 Å². The summed E-state index contributed by atoms with van der Waals surface area (Å²) < 4.78 is 32.0. The van der Waals surface area contributed by atoms with Gasteiger partial charge in [-0.25, -0.2) is 18.7 Å². The van der Waals surface area contributed by atoms with Gasteiger partial charge in [-0.05, 0) is 43.4 Å². The molecule has 6 heteroatoms. The Hall–Kier alpha value is -2.08. The molecule has 0 saturated heterocycles. The van der Waals surface area contributed by atoms with Gasteiger partial charge in [0, 0.05) is 10.9 Å². The van der Waals surface area contributed by atoms with Crippen molar-refractivity contribution in [2.24, 2.45) is 0 Å². The molecule has 112 valence electrons. The Morgan fingerprint density at radius 1 is 1.05 bits per heavy atom. The third-order valence-electron chi connectivity index (χ3n) is 3.82. The molecular formula is C16H12F2N2OS. The lowest BCUT2D eigenvalue weighted by Gasteiger charge is -2.12. The van der Waals surface area contributed by atoms with E-state index in [1.54, 1.807) is 11.3 Å². The molecule has 4 rings (SSSR count). The van der Waals surface area contributed by atoms with Crippen molar-refractivity contribution in [3.8, 4) is 11.6 Å². The minimum absolute atomic E-state index is 0.231. The highest BCUT2D eigenvalue weighted by Gasteiger charge is 2.21. The van der Waals surface area contributed by atoms with Crippen LogP contribution in [0.5, 0.6) is 11.6 Å². The highest BCUT2D eigenvalue weighted by atomic mass is 32.1. The predicted octanol–water partition coefficient (Wildman–Crippen LogP) is 4.64. The monoisotopic (exact) mass is 318 g/mol. The topological polar surface area (TPSA) is 35.0 Å². The molecule has 0 radical (unpaired) electrons. The zero-order valence-electron chi connectivity index (χ0n) is 11.6. The molecule has 0 aliphatic heterocycles. The van der Waals surface area contributed by atoms with Gasteiger partial charge in [-0.15, -0.1) is 11.3 Å². The van der Waals surface area contributed by atoms with Gasteiger partial charge >= 0.3 is 0 Å². The Morgan fingerprint density at radius 2 is 1.91 bits per heavy atom. The first-order chi connectivity index (χ1) is 10.7. The lowest BCUT2D eigenvalue weighted by atomic mass is 9.97. The maximum Gasteiger partial charge on any atom is 0.231 e. The quantitative estimate of drug-likeness (QED) is 0.690. The molecule has 0 saturated carbocycles. The number of nitrogens with zero attached hydrogens (tertiary/aromatic N) is 2. The molecule has 1 aliphatic carbocycles. The molecule has 2 heterocycles. The van der Waals surface area contributed by atoms with Crippen LogP contribution >= 0.6 is 11.3 Å². The van der Waals surface area contributed by atoms with E-state index in [2.05, 4.69) is 9.97 Å². The summed E-state index contributed by atoms with van der Waals surface area (Å²) in [6.07, 6.45) is 5.81. The maximum absolute atomic E-state index is 13.3.